The van der Waals surface area contributed by atoms with Crippen molar-refractivity contribution in [2.75, 3.05) is 14.2 Å². The van der Waals surface area contributed by atoms with E-state index in [2.05, 4.69) is 4.74 Å². The Bertz CT molecular complexity index is 724. The third kappa shape index (κ3) is 3.41. The van der Waals surface area contributed by atoms with E-state index in [4.69, 9.17) is 4.74 Å². The van der Waals surface area contributed by atoms with E-state index in [1.54, 1.807) is 36.4 Å². The Hall–Kier alpha value is -2.64. The molecule has 0 spiro atoms. The molecule has 0 aliphatic rings. The highest BCUT2D eigenvalue weighted by Crippen LogP contribution is 2.24. The number of rotatable bonds is 4. The van der Waals surface area contributed by atoms with Gasteiger partial charge in [0.15, 0.2) is 0 Å². The summed E-state index contributed by atoms with van der Waals surface area (Å²) in [7, 11) is 0.698. The van der Waals surface area contributed by atoms with Gasteiger partial charge in [0.2, 0.25) is 0 Å². The summed E-state index contributed by atoms with van der Waals surface area (Å²) in [4.78, 5) is 23.5. The molecule has 0 aliphatic heterocycles. The second-order valence-electron chi connectivity index (χ2n) is 4.70. The minimum Gasteiger partial charge on any atom is -0.465 e. The molecule has 2 rings (SSSR count). The lowest BCUT2D eigenvalue weighted by Crippen LogP contribution is -2.35. The molecule has 0 aliphatic carbocycles. The highest BCUT2D eigenvalue weighted by molar-refractivity contribution is 6.60. The molecule has 23 heavy (non-hydrogen) atoms. The van der Waals surface area contributed by atoms with Gasteiger partial charge in [-0.3, -0.25) is 0 Å². The Morgan fingerprint density at radius 1 is 0.913 bits per heavy atom. The molecule has 6 nitrogen and oxygen atoms in total. The number of methoxy groups -OCH3 is 2. The molecular formula is C16H15BO6. The smallest absolute Gasteiger partial charge is 0.465 e. The van der Waals surface area contributed by atoms with Gasteiger partial charge in [-0.25, -0.2) is 9.59 Å². The van der Waals surface area contributed by atoms with Gasteiger partial charge in [-0.1, -0.05) is 30.3 Å². The number of ether oxygens (including phenoxy) is 2. The van der Waals surface area contributed by atoms with Crippen LogP contribution in [0.15, 0.2) is 42.5 Å². The van der Waals surface area contributed by atoms with E-state index < -0.39 is 19.1 Å². The molecule has 2 aromatic carbocycles. The Balaban J connectivity index is 2.56. The molecule has 0 atom stereocenters. The predicted octanol–water partition coefficient (Wildman–Crippen LogP) is 0.607. The van der Waals surface area contributed by atoms with Crippen LogP contribution in [0.4, 0.5) is 0 Å². The zero-order chi connectivity index (χ0) is 17.0. The molecule has 0 saturated carbocycles. The van der Waals surface area contributed by atoms with E-state index in [1.165, 1.54) is 20.3 Å². The van der Waals surface area contributed by atoms with Crippen molar-refractivity contribution in [1.82, 2.24) is 0 Å². The quantitative estimate of drug-likeness (QED) is 0.634. The largest absolute Gasteiger partial charge is 0.489 e. The first-order valence-corrected chi connectivity index (χ1v) is 6.75. The zero-order valence-corrected chi connectivity index (χ0v) is 12.6. The molecule has 0 bridgehead atoms. The molecule has 7 heteroatoms. The molecule has 2 aromatic rings. The van der Waals surface area contributed by atoms with E-state index >= 15 is 0 Å². The zero-order valence-electron chi connectivity index (χ0n) is 12.6. The van der Waals surface area contributed by atoms with Crippen molar-refractivity contribution >= 4 is 24.5 Å². The summed E-state index contributed by atoms with van der Waals surface area (Å²) < 4.78 is 9.37. The van der Waals surface area contributed by atoms with Gasteiger partial charge in [0.25, 0.3) is 0 Å². The number of hydrogen-bond donors (Lipinski definition) is 2. The standard InChI is InChI=1S/C16H15BO6/c1-22-15(18)11-8-6-10(7-9-11)12-4-3-5-13(17(20)21)14(12)16(19)23-2/h3-9,20-21H,1-2H3. The number of carbonyl (C=O) groups is 2. The lowest BCUT2D eigenvalue weighted by Gasteiger charge is -2.13. The minimum atomic E-state index is -1.81. The van der Waals surface area contributed by atoms with E-state index in [0.717, 1.165) is 0 Å². The van der Waals surface area contributed by atoms with Crippen LogP contribution in [0, 0.1) is 0 Å². The first-order chi connectivity index (χ1) is 11.0. The molecule has 118 valence electrons. The summed E-state index contributed by atoms with van der Waals surface area (Å²) in [5.41, 5.74) is 1.58. The summed E-state index contributed by atoms with van der Waals surface area (Å²) in [6.45, 7) is 0. The van der Waals surface area contributed by atoms with Crippen molar-refractivity contribution in [2.45, 2.75) is 0 Å². The van der Waals surface area contributed by atoms with Gasteiger partial charge in [0.1, 0.15) is 0 Å². The third-order valence-electron chi connectivity index (χ3n) is 3.38. The van der Waals surface area contributed by atoms with Crippen LogP contribution in [-0.2, 0) is 9.47 Å². The van der Waals surface area contributed by atoms with Gasteiger partial charge in [-0.2, -0.15) is 0 Å². The van der Waals surface area contributed by atoms with Crippen LogP contribution in [0.25, 0.3) is 11.1 Å². The number of esters is 2. The van der Waals surface area contributed by atoms with E-state index in [9.17, 15) is 19.6 Å². The van der Waals surface area contributed by atoms with Gasteiger partial charge in [-0.05, 0) is 28.7 Å². The normalized spacial score (nSPS) is 10.1. The molecule has 0 aromatic heterocycles. The van der Waals surface area contributed by atoms with Crippen molar-refractivity contribution in [3.05, 3.63) is 53.6 Å². The van der Waals surface area contributed by atoms with E-state index in [0.29, 0.717) is 16.7 Å². The topological polar surface area (TPSA) is 93.1 Å². The van der Waals surface area contributed by atoms with Crippen LogP contribution in [0.3, 0.4) is 0 Å². The fourth-order valence-electron chi connectivity index (χ4n) is 2.26. The van der Waals surface area contributed by atoms with Crippen LogP contribution in [0.1, 0.15) is 20.7 Å². The van der Waals surface area contributed by atoms with Gasteiger partial charge in [0, 0.05) is 0 Å². The molecular weight excluding hydrogens is 299 g/mol. The van der Waals surface area contributed by atoms with Gasteiger partial charge >= 0.3 is 19.1 Å². The summed E-state index contributed by atoms with van der Waals surface area (Å²) in [5, 5.41) is 18.9. The second-order valence-corrected chi connectivity index (χ2v) is 4.70. The monoisotopic (exact) mass is 314 g/mol. The highest BCUT2D eigenvalue weighted by Gasteiger charge is 2.24. The van der Waals surface area contributed by atoms with Gasteiger partial charge < -0.3 is 19.5 Å². The van der Waals surface area contributed by atoms with Crippen molar-refractivity contribution in [1.29, 1.82) is 0 Å². The van der Waals surface area contributed by atoms with Crippen LogP contribution in [0.2, 0.25) is 0 Å². The fourth-order valence-corrected chi connectivity index (χ4v) is 2.26. The van der Waals surface area contributed by atoms with Gasteiger partial charge in [0.05, 0.1) is 25.3 Å². The maximum absolute atomic E-state index is 12.0. The third-order valence-corrected chi connectivity index (χ3v) is 3.38. The van der Waals surface area contributed by atoms with E-state index in [-0.39, 0.29) is 11.0 Å². The Morgan fingerprint density at radius 3 is 2.04 bits per heavy atom. The molecule has 0 fully saturated rings. The average molecular weight is 314 g/mol. The fraction of sp³-hybridized carbons (Fsp3) is 0.125. The van der Waals surface area contributed by atoms with Crippen molar-refractivity contribution in [2.24, 2.45) is 0 Å². The van der Waals surface area contributed by atoms with Crippen molar-refractivity contribution in [3.63, 3.8) is 0 Å². The summed E-state index contributed by atoms with van der Waals surface area (Å²) in [5.74, 6) is -1.15. The van der Waals surface area contributed by atoms with Crippen LogP contribution < -0.4 is 5.46 Å². The summed E-state index contributed by atoms with van der Waals surface area (Å²) >= 11 is 0. The predicted molar refractivity (Wildman–Crippen MR) is 84.4 cm³/mol. The first-order valence-electron chi connectivity index (χ1n) is 6.75. The summed E-state index contributed by atoms with van der Waals surface area (Å²) in [6.07, 6.45) is 0. The lowest BCUT2D eigenvalue weighted by molar-refractivity contribution is 0.0592. The molecule has 0 unspecified atom stereocenters. The maximum atomic E-state index is 12.0. The molecule has 2 N–H and O–H groups in total. The molecule has 0 saturated heterocycles. The minimum absolute atomic E-state index is 0.0476. The SMILES string of the molecule is COC(=O)c1ccc(-c2cccc(B(O)O)c2C(=O)OC)cc1. The Labute approximate surface area is 133 Å². The Morgan fingerprint density at radius 2 is 1.52 bits per heavy atom. The average Bonchev–Trinajstić information content (AvgIpc) is 2.59. The highest BCUT2D eigenvalue weighted by atomic mass is 16.5. The second kappa shape index (κ2) is 7.08. The van der Waals surface area contributed by atoms with Crippen LogP contribution >= 0.6 is 0 Å². The molecule has 0 amide bonds. The first kappa shape index (κ1) is 16.7. The lowest BCUT2D eigenvalue weighted by atomic mass is 9.75. The number of hydrogen-bond acceptors (Lipinski definition) is 6. The van der Waals surface area contributed by atoms with E-state index in [1.807, 2.05) is 0 Å². The molecule has 0 heterocycles. The van der Waals surface area contributed by atoms with Crippen LogP contribution in [0.5, 0.6) is 0 Å². The van der Waals surface area contributed by atoms with Crippen LogP contribution in [-0.4, -0.2) is 43.3 Å². The summed E-state index contributed by atoms with van der Waals surface area (Å²) in [6, 6.07) is 11.1. The van der Waals surface area contributed by atoms with Crippen molar-refractivity contribution in [3.8, 4) is 11.1 Å². The van der Waals surface area contributed by atoms with Gasteiger partial charge in [-0.15, -0.1) is 0 Å². The Kier molecular flexibility index (Phi) is 5.15. The molecule has 0 radical (unpaired) electrons. The van der Waals surface area contributed by atoms with Crippen molar-refractivity contribution < 1.29 is 29.1 Å². The number of benzene rings is 2. The number of carbonyl (C=O) groups excluding carboxylic acids is 2. The maximum Gasteiger partial charge on any atom is 0.489 e.